The molecule has 0 spiro atoms. The summed E-state index contributed by atoms with van der Waals surface area (Å²) in [5.74, 6) is 0.507. The lowest BCUT2D eigenvalue weighted by Gasteiger charge is -2.06. The smallest absolute Gasteiger partial charge is 0.247 e. The molecular weight excluding hydrogens is 274 g/mol. The number of thiophene rings is 1. The number of anilines is 1. The molecule has 102 valence electrons. The number of aryl methyl sites for hydroxylation is 1. The van der Waals surface area contributed by atoms with E-state index in [9.17, 15) is 0 Å². The van der Waals surface area contributed by atoms with Crippen LogP contribution < -0.4 is 10.5 Å². The Morgan fingerprint density at radius 3 is 2.80 bits per heavy atom. The molecule has 0 saturated carbocycles. The lowest BCUT2D eigenvalue weighted by molar-refractivity contribution is 0.330. The predicted octanol–water partition coefficient (Wildman–Crippen LogP) is 2.44. The van der Waals surface area contributed by atoms with Gasteiger partial charge in [0.15, 0.2) is 11.2 Å². The Kier molecular flexibility index (Phi) is 3.19. The van der Waals surface area contributed by atoms with Crippen LogP contribution in [0.3, 0.4) is 0 Å². The zero-order valence-corrected chi connectivity index (χ0v) is 11.9. The molecule has 0 saturated heterocycles. The van der Waals surface area contributed by atoms with Crippen LogP contribution in [0.5, 0.6) is 5.88 Å². The highest BCUT2D eigenvalue weighted by molar-refractivity contribution is 7.15. The lowest BCUT2D eigenvalue weighted by Crippen LogP contribution is -2.03. The molecule has 0 aliphatic heterocycles. The van der Waals surface area contributed by atoms with E-state index in [0.29, 0.717) is 23.7 Å². The molecule has 3 aromatic rings. The molecule has 3 aromatic heterocycles. The zero-order chi connectivity index (χ0) is 14.1. The van der Waals surface area contributed by atoms with Gasteiger partial charge in [-0.15, -0.1) is 11.3 Å². The number of ether oxygens (including phenoxy) is 1. The van der Waals surface area contributed by atoms with E-state index in [2.05, 4.69) is 32.9 Å². The monoisotopic (exact) mass is 287 g/mol. The first-order valence-corrected chi connectivity index (χ1v) is 6.99. The van der Waals surface area contributed by atoms with Crippen molar-refractivity contribution in [2.24, 2.45) is 0 Å². The number of aromatic nitrogens is 4. The van der Waals surface area contributed by atoms with Gasteiger partial charge in [0.2, 0.25) is 11.8 Å². The molecule has 0 bridgehead atoms. The summed E-state index contributed by atoms with van der Waals surface area (Å²) in [6.45, 7) is 4.41. The third-order valence-electron chi connectivity index (χ3n) is 2.67. The quantitative estimate of drug-likeness (QED) is 0.796. The molecule has 2 N–H and O–H groups in total. The fourth-order valence-electron chi connectivity index (χ4n) is 1.83. The van der Waals surface area contributed by atoms with Crippen LogP contribution in [0.15, 0.2) is 18.3 Å². The van der Waals surface area contributed by atoms with Crippen LogP contribution in [0.2, 0.25) is 0 Å². The number of nitrogens with two attached hydrogens (primary N) is 1. The van der Waals surface area contributed by atoms with Crippen LogP contribution in [0.1, 0.15) is 11.8 Å². The largest absolute Gasteiger partial charge is 0.476 e. The van der Waals surface area contributed by atoms with Crippen LogP contribution in [0.25, 0.3) is 21.7 Å². The van der Waals surface area contributed by atoms with Gasteiger partial charge >= 0.3 is 0 Å². The first-order valence-electron chi connectivity index (χ1n) is 6.17. The van der Waals surface area contributed by atoms with Gasteiger partial charge in [0.25, 0.3) is 0 Å². The third-order valence-corrected chi connectivity index (χ3v) is 3.69. The summed E-state index contributed by atoms with van der Waals surface area (Å²) in [6.07, 6.45) is 1.69. The van der Waals surface area contributed by atoms with Crippen molar-refractivity contribution < 1.29 is 4.74 Å². The number of fused-ring (bicyclic) bond motifs is 1. The molecule has 0 aliphatic rings. The number of rotatable bonds is 3. The highest BCUT2D eigenvalue weighted by atomic mass is 32.1. The van der Waals surface area contributed by atoms with Gasteiger partial charge in [-0.1, -0.05) is 0 Å². The van der Waals surface area contributed by atoms with E-state index >= 15 is 0 Å². The molecule has 0 fully saturated rings. The summed E-state index contributed by atoms with van der Waals surface area (Å²) in [4.78, 5) is 19.3. The summed E-state index contributed by atoms with van der Waals surface area (Å²) in [7, 11) is 0. The van der Waals surface area contributed by atoms with Crippen LogP contribution in [0, 0.1) is 6.92 Å². The molecule has 0 radical (unpaired) electrons. The minimum Gasteiger partial charge on any atom is -0.476 e. The molecule has 0 atom stereocenters. The van der Waals surface area contributed by atoms with Gasteiger partial charge in [0.1, 0.15) is 0 Å². The topological polar surface area (TPSA) is 86.8 Å². The predicted molar refractivity (Wildman–Crippen MR) is 78.8 cm³/mol. The molecular formula is C13H13N5OS. The maximum Gasteiger partial charge on any atom is 0.247 e. The van der Waals surface area contributed by atoms with Crippen molar-refractivity contribution in [3.63, 3.8) is 0 Å². The number of hydrogen-bond donors (Lipinski definition) is 1. The Morgan fingerprint density at radius 2 is 2.10 bits per heavy atom. The summed E-state index contributed by atoms with van der Waals surface area (Å²) in [6, 6.07) is 4.07. The lowest BCUT2D eigenvalue weighted by atomic mass is 10.3. The maximum atomic E-state index is 5.64. The Morgan fingerprint density at radius 1 is 1.25 bits per heavy atom. The number of nitrogens with zero attached hydrogens (tertiary/aromatic N) is 4. The van der Waals surface area contributed by atoms with Gasteiger partial charge < -0.3 is 10.5 Å². The molecule has 0 amide bonds. The second-order valence-electron chi connectivity index (χ2n) is 4.16. The second-order valence-corrected chi connectivity index (χ2v) is 5.45. The van der Waals surface area contributed by atoms with Crippen LogP contribution >= 0.6 is 11.3 Å². The van der Waals surface area contributed by atoms with Gasteiger partial charge in [-0.2, -0.15) is 9.97 Å². The van der Waals surface area contributed by atoms with E-state index in [1.807, 2.05) is 13.0 Å². The summed E-state index contributed by atoms with van der Waals surface area (Å²) >= 11 is 1.66. The third kappa shape index (κ3) is 2.27. The molecule has 0 unspecified atom stereocenters. The van der Waals surface area contributed by atoms with Crippen LogP contribution in [-0.4, -0.2) is 26.5 Å². The first-order chi connectivity index (χ1) is 9.67. The van der Waals surface area contributed by atoms with E-state index in [4.69, 9.17) is 10.5 Å². The van der Waals surface area contributed by atoms with Crippen molar-refractivity contribution >= 4 is 28.4 Å². The van der Waals surface area contributed by atoms with Crippen molar-refractivity contribution in [1.82, 2.24) is 19.9 Å². The highest BCUT2D eigenvalue weighted by Crippen LogP contribution is 2.28. The maximum absolute atomic E-state index is 5.64. The van der Waals surface area contributed by atoms with Gasteiger partial charge in [-0.3, -0.25) is 0 Å². The van der Waals surface area contributed by atoms with Gasteiger partial charge in [-0.25, -0.2) is 9.97 Å². The SMILES string of the molecule is CCOc1nc(N)nc2ncc(-c3ccc(C)s3)nc12. The molecule has 7 heteroatoms. The molecule has 6 nitrogen and oxygen atoms in total. The Balaban J connectivity index is 2.18. The standard InChI is InChI=1S/C13H13N5OS/c1-3-19-12-10-11(17-13(14)18-12)15-6-8(16-10)9-5-4-7(2)20-9/h4-6H,3H2,1-2H3,(H2,14,15,17,18). The summed E-state index contributed by atoms with van der Waals surface area (Å²) in [5, 5.41) is 0. The van der Waals surface area contributed by atoms with Crippen molar-refractivity contribution in [3.05, 3.63) is 23.2 Å². The normalized spacial score (nSPS) is 10.9. The minimum absolute atomic E-state index is 0.134. The van der Waals surface area contributed by atoms with Gasteiger partial charge in [-0.05, 0) is 26.0 Å². The molecule has 3 heterocycles. The molecule has 3 rings (SSSR count). The van der Waals surface area contributed by atoms with Crippen molar-refractivity contribution in [1.29, 1.82) is 0 Å². The Bertz CT molecular complexity index is 771. The van der Waals surface area contributed by atoms with Crippen LogP contribution in [-0.2, 0) is 0 Å². The van der Waals surface area contributed by atoms with Gasteiger partial charge in [0.05, 0.1) is 23.4 Å². The minimum atomic E-state index is 0.134. The van der Waals surface area contributed by atoms with Crippen molar-refractivity contribution in [2.45, 2.75) is 13.8 Å². The average molecular weight is 287 g/mol. The summed E-state index contributed by atoms with van der Waals surface area (Å²) in [5.41, 5.74) is 7.40. The number of hydrogen-bond acceptors (Lipinski definition) is 7. The fourth-order valence-corrected chi connectivity index (χ4v) is 2.65. The molecule has 20 heavy (non-hydrogen) atoms. The van der Waals surface area contributed by atoms with Crippen molar-refractivity contribution in [2.75, 3.05) is 12.3 Å². The van der Waals surface area contributed by atoms with E-state index in [1.165, 1.54) is 4.88 Å². The fraction of sp³-hybridized carbons (Fsp3) is 0.231. The zero-order valence-electron chi connectivity index (χ0n) is 11.1. The Labute approximate surface area is 119 Å². The van der Waals surface area contributed by atoms with E-state index in [0.717, 1.165) is 10.6 Å². The van der Waals surface area contributed by atoms with E-state index < -0.39 is 0 Å². The average Bonchev–Trinajstić information content (AvgIpc) is 2.85. The summed E-state index contributed by atoms with van der Waals surface area (Å²) < 4.78 is 5.47. The second kappa shape index (κ2) is 5.01. The molecule has 0 aliphatic carbocycles. The highest BCUT2D eigenvalue weighted by Gasteiger charge is 2.12. The Hall–Kier alpha value is -2.28. The van der Waals surface area contributed by atoms with Crippen LogP contribution in [0.4, 0.5) is 5.95 Å². The number of nitrogen functional groups attached to an aromatic ring is 1. The van der Waals surface area contributed by atoms with E-state index in [-0.39, 0.29) is 5.95 Å². The van der Waals surface area contributed by atoms with Gasteiger partial charge in [0, 0.05) is 4.88 Å². The van der Waals surface area contributed by atoms with Crippen molar-refractivity contribution in [3.8, 4) is 16.5 Å². The molecule has 0 aromatic carbocycles. The van der Waals surface area contributed by atoms with E-state index in [1.54, 1.807) is 17.5 Å². The first kappa shape index (κ1) is 12.7.